The topological polar surface area (TPSA) is 0 Å². The molecular weight excluding hydrogens is 593 g/mol. The zero-order valence-corrected chi connectivity index (χ0v) is 22.3. The predicted molar refractivity (Wildman–Crippen MR) is 144 cm³/mol. The Morgan fingerprint density at radius 3 is 1.27 bits per heavy atom. The summed E-state index contributed by atoms with van der Waals surface area (Å²) in [6, 6.07) is 49.3. The Kier molecular flexibility index (Phi) is 6.79. The van der Waals surface area contributed by atoms with Gasteiger partial charge in [-0.2, -0.15) is 0 Å². The maximum absolute atomic E-state index is 2.38. The van der Waals surface area contributed by atoms with Crippen molar-refractivity contribution < 1.29 is 0 Å². The van der Waals surface area contributed by atoms with E-state index < -0.39 is 21.8 Å². The standard InChI is InChI=1S/C20H17.2C6H5.Bi/c1-2-16-12-14-18(15-13-16)20-11-7-6-10-19(20)17-8-4-3-5-9-17;2*1-2-4-6-5-3-1;/h4-15H,2H2,1H3;2*1-5H;. The van der Waals surface area contributed by atoms with Gasteiger partial charge >= 0.3 is 206 Å². The molecule has 0 nitrogen and oxygen atoms in total. The van der Waals surface area contributed by atoms with E-state index in [4.69, 9.17) is 0 Å². The second kappa shape index (κ2) is 10.3. The molecule has 0 saturated heterocycles. The third-order valence-electron chi connectivity index (χ3n) is 6.07. The van der Waals surface area contributed by atoms with E-state index >= 15 is 0 Å². The molecule has 0 aliphatic carbocycles. The molecule has 0 heterocycles. The molecule has 0 amide bonds. The van der Waals surface area contributed by atoms with Crippen LogP contribution in [0.5, 0.6) is 0 Å². The van der Waals surface area contributed by atoms with Gasteiger partial charge in [-0.15, -0.1) is 0 Å². The van der Waals surface area contributed by atoms with E-state index in [-0.39, 0.29) is 0 Å². The van der Waals surface area contributed by atoms with Gasteiger partial charge < -0.3 is 0 Å². The molecule has 0 unspecified atom stereocenters. The van der Waals surface area contributed by atoms with Gasteiger partial charge in [0.25, 0.3) is 0 Å². The molecule has 5 aromatic carbocycles. The Bertz CT molecular complexity index is 1270. The second-order valence-corrected chi connectivity index (χ2v) is 16.8. The summed E-state index contributed by atoms with van der Waals surface area (Å²) in [5, 5.41) is 0. The van der Waals surface area contributed by atoms with Crippen LogP contribution in [0.3, 0.4) is 0 Å². The minimum atomic E-state index is -2.31. The van der Waals surface area contributed by atoms with Crippen LogP contribution in [0.4, 0.5) is 0 Å². The zero-order chi connectivity index (χ0) is 22.5. The number of benzene rings is 5. The molecular formula is C32H27Bi. The average Bonchev–Trinajstić information content (AvgIpc) is 2.91. The van der Waals surface area contributed by atoms with Crippen molar-refractivity contribution >= 4 is 31.6 Å². The zero-order valence-electron chi connectivity index (χ0n) is 18.9. The van der Waals surface area contributed by atoms with Crippen molar-refractivity contribution in [2.75, 3.05) is 0 Å². The third-order valence-corrected chi connectivity index (χ3v) is 15.6. The van der Waals surface area contributed by atoms with Crippen molar-refractivity contribution in [3.05, 3.63) is 139 Å². The molecule has 33 heavy (non-hydrogen) atoms. The molecule has 0 atom stereocenters. The van der Waals surface area contributed by atoms with Gasteiger partial charge in [-0.3, -0.25) is 0 Å². The summed E-state index contributed by atoms with van der Waals surface area (Å²) in [5.41, 5.74) is 6.51. The maximum atomic E-state index is 2.38. The molecule has 1 heteroatoms. The van der Waals surface area contributed by atoms with Crippen molar-refractivity contribution in [3.8, 4) is 22.3 Å². The van der Waals surface area contributed by atoms with Crippen molar-refractivity contribution in [3.63, 3.8) is 0 Å². The van der Waals surface area contributed by atoms with Crippen LogP contribution in [0, 0.1) is 0 Å². The van der Waals surface area contributed by atoms with E-state index in [1.807, 2.05) is 0 Å². The molecule has 5 aromatic rings. The summed E-state index contributed by atoms with van der Waals surface area (Å²) in [6.07, 6.45) is 1.07. The predicted octanol–water partition coefficient (Wildman–Crippen LogP) is 6.10. The van der Waals surface area contributed by atoms with Crippen LogP contribution in [0.2, 0.25) is 0 Å². The van der Waals surface area contributed by atoms with Gasteiger partial charge in [0.05, 0.1) is 0 Å². The average molecular weight is 621 g/mol. The quantitative estimate of drug-likeness (QED) is 0.202. The fourth-order valence-electron chi connectivity index (χ4n) is 4.30. The Morgan fingerprint density at radius 1 is 0.424 bits per heavy atom. The summed E-state index contributed by atoms with van der Waals surface area (Å²) in [4.78, 5) is 0. The van der Waals surface area contributed by atoms with Crippen molar-refractivity contribution in [1.82, 2.24) is 0 Å². The van der Waals surface area contributed by atoms with Gasteiger partial charge in [0.1, 0.15) is 0 Å². The van der Waals surface area contributed by atoms with Crippen molar-refractivity contribution in [2.45, 2.75) is 13.3 Å². The van der Waals surface area contributed by atoms with E-state index in [0.29, 0.717) is 0 Å². The van der Waals surface area contributed by atoms with E-state index in [0.717, 1.165) is 6.42 Å². The van der Waals surface area contributed by atoms with Crippen LogP contribution in [0.1, 0.15) is 12.5 Å². The third kappa shape index (κ3) is 4.85. The van der Waals surface area contributed by atoms with Crippen LogP contribution in [0.25, 0.3) is 22.3 Å². The van der Waals surface area contributed by atoms with E-state index in [1.54, 1.807) is 0 Å². The number of hydrogen-bond donors (Lipinski definition) is 0. The molecule has 0 aliphatic heterocycles. The molecule has 0 N–H and O–H groups in total. The summed E-state index contributed by atoms with van der Waals surface area (Å²) in [5.74, 6) is 0. The number of rotatable bonds is 6. The normalized spacial score (nSPS) is 11.0. The van der Waals surface area contributed by atoms with Crippen molar-refractivity contribution in [1.29, 1.82) is 0 Å². The fourth-order valence-corrected chi connectivity index (χ4v) is 13.2. The number of aryl methyl sites for hydroxylation is 1. The molecule has 0 saturated carbocycles. The summed E-state index contributed by atoms with van der Waals surface area (Å²) in [7, 11) is 0. The van der Waals surface area contributed by atoms with Crippen LogP contribution in [0.15, 0.2) is 133 Å². The Morgan fingerprint density at radius 2 is 0.818 bits per heavy atom. The molecule has 0 aliphatic rings. The Balaban J connectivity index is 1.53. The molecule has 0 fully saturated rings. The fraction of sp³-hybridized carbons (Fsp3) is 0.0625. The van der Waals surface area contributed by atoms with Crippen LogP contribution in [-0.4, -0.2) is 21.8 Å². The SMILES string of the molecule is CCc1ccc(-c2ccccc2-c2cc[c]([Bi]([c]3ccccc3)[c]3ccccc3)cc2)cc1. The molecule has 160 valence electrons. The van der Waals surface area contributed by atoms with Gasteiger partial charge in [0.2, 0.25) is 0 Å². The van der Waals surface area contributed by atoms with Crippen LogP contribution < -0.4 is 9.81 Å². The van der Waals surface area contributed by atoms with Gasteiger partial charge in [-0.25, -0.2) is 0 Å². The van der Waals surface area contributed by atoms with Gasteiger partial charge in [-0.05, 0) is 0 Å². The van der Waals surface area contributed by atoms with E-state index in [2.05, 4.69) is 140 Å². The Labute approximate surface area is 205 Å². The summed E-state index contributed by atoms with van der Waals surface area (Å²) in [6.45, 7) is 2.20. The second-order valence-electron chi connectivity index (χ2n) is 8.15. The molecule has 0 radical (unpaired) electrons. The number of hydrogen-bond acceptors (Lipinski definition) is 0. The molecule has 0 bridgehead atoms. The first-order chi connectivity index (χ1) is 16.3. The van der Waals surface area contributed by atoms with Crippen molar-refractivity contribution in [2.24, 2.45) is 0 Å². The molecule has 0 spiro atoms. The monoisotopic (exact) mass is 620 g/mol. The summed E-state index contributed by atoms with van der Waals surface area (Å²) < 4.78 is 4.54. The minimum absolute atomic E-state index is 1.07. The van der Waals surface area contributed by atoms with E-state index in [9.17, 15) is 0 Å². The van der Waals surface area contributed by atoms with E-state index in [1.165, 1.54) is 37.6 Å². The molecule has 5 rings (SSSR count). The summed E-state index contributed by atoms with van der Waals surface area (Å²) >= 11 is -2.31. The first kappa shape index (κ1) is 21.8. The first-order valence-electron chi connectivity index (χ1n) is 11.5. The first-order valence-corrected chi connectivity index (χ1v) is 16.7. The van der Waals surface area contributed by atoms with Gasteiger partial charge in [-0.1, -0.05) is 0 Å². The van der Waals surface area contributed by atoms with Crippen LogP contribution >= 0.6 is 0 Å². The van der Waals surface area contributed by atoms with Gasteiger partial charge in [0.15, 0.2) is 0 Å². The van der Waals surface area contributed by atoms with Gasteiger partial charge in [0, 0.05) is 0 Å². The Hall–Kier alpha value is -3.02. The van der Waals surface area contributed by atoms with Crippen LogP contribution in [-0.2, 0) is 6.42 Å². The molecule has 0 aromatic heterocycles.